The van der Waals surface area contributed by atoms with Gasteiger partial charge in [0.05, 0.1) is 19.6 Å². The lowest BCUT2D eigenvalue weighted by atomic mass is 10.0. The quantitative estimate of drug-likeness (QED) is 0.0686. The van der Waals surface area contributed by atoms with Crippen molar-refractivity contribution in [2.45, 2.75) is 57.8 Å². The van der Waals surface area contributed by atoms with Crippen LogP contribution in [0.25, 0.3) is 0 Å². The molecule has 0 bridgehead atoms. The monoisotopic (exact) mass is 602 g/mol. The number of unbranched alkanes of at least 4 members (excludes halogenated alkanes) is 1. The van der Waals surface area contributed by atoms with E-state index in [0.717, 1.165) is 22.4 Å². The lowest BCUT2D eigenvalue weighted by Gasteiger charge is -2.43. The van der Waals surface area contributed by atoms with E-state index in [-0.39, 0.29) is 24.4 Å². The third kappa shape index (κ3) is 10.2. The summed E-state index contributed by atoms with van der Waals surface area (Å²) in [4.78, 5) is 13.1. The van der Waals surface area contributed by atoms with Crippen LogP contribution in [0.2, 0.25) is 5.04 Å². The molecule has 0 heterocycles. The van der Waals surface area contributed by atoms with E-state index in [9.17, 15) is 4.79 Å². The standard InChI is InChI=1S/C36H46O6Si/c1-36(2,3)43(33-21-13-7-14-22-33,34-23-15-8-16-24-34)42-28-31(35(37)39-5)26-32(41-29-38-4)20-12-9-17-25-40-27-30-18-10-6-11-19-30/h6-8,10-11,13-16,18-19,21-24,31-32H,9,17,25-29H2,1-5H3/t31-,32+/m1/s1. The molecule has 0 amide bonds. The van der Waals surface area contributed by atoms with Crippen LogP contribution in [0.15, 0.2) is 91.0 Å². The van der Waals surface area contributed by atoms with E-state index in [1.807, 2.05) is 66.7 Å². The Labute approximate surface area is 258 Å². The maximum Gasteiger partial charge on any atom is 0.311 e. The fraction of sp³-hybridized carbons (Fsp3) is 0.417. The van der Waals surface area contributed by atoms with E-state index in [4.69, 9.17) is 23.4 Å². The van der Waals surface area contributed by atoms with E-state index in [1.165, 1.54) is 7.11 Å². The van der Waals surface area contributed by atoms with Gasteiger partial charge in [0.2, 0.25) is 0 Å². The van der Waals surface area contributed by atoms with Crippen molar-refractivity contribution in [3.8, 4) is 11.8 Å². The first-order valence-corrected chi connectivity index (χ1v) is 16.8. The minimum atomic E-state index is -2.84. The predicted molar refractivity (Wildman–Crippen MR) is 174 cm³/mol. The molecule has 6 nitrogen and oxygen atoms in total. The van der Waals surface area contributed by atoms with Crippen LogP contribution in [0.1, 0.15) is 45.6 Å². The van der Waals surface area contributed by atoms with Gasteiger partial charge in [-0.25, -0.2) is 0 Å². The molecule has 3 rings (SSSR count). The van der Waals surface area contributed by atoms with Gasteiger partial charge in [-0.05, 0) is 27.4 Å². The lowest BCUT2D eigenvalue weighted by molar-refractivity contribution is -0.148. The zero-order valence-electron chi connectivity index (χ0n) is 26.2. The van der Waals surface area contributed by atoms with Gasteiger partial charge in [0.15, 0.2) is 0 Å². The molecule has 0 fully saturated rings. The summed E-state index contributed by atoms with van der Waals surface area (Å²) in [6.07, 6.45) is 1.26. The molecule has 0 aliphatic rings. The molecule has 0 saturated heterocycles. The number of esters is 1. The molecule has 0 N–H and O–H groups in total. The maximum atomic E-state index is 13.1. The average molecular weight is 603 g/mol. The second-order valence-electron chi connectivity index (χ2n) is 11.5. The van der Waals surface area contributed by atoms with Crippen molar-refractivity contribution in [2.24, 2.45) is 5.92 Å². The van der Waals surface area contributed by atoms with Crippen molar-refractivity contribution in [3.05, 3.63) is 96.6 Å². The normalized spacial score (nSPS) is 13.0. The number of methoxy groups -OCH3 is 2. The zero-order valence-corrected chi connectivity index (χ0v) is 27.2. The summed E-state index contributed by atoms with van der Waals surface area (Å²) in [6, 6.07) is 30.9. The van der Waals surface area contributed by atoms with E-state index in [0.29, 0.717) is 26.1 Å². The number of rotatable bonds is 16. The Hall–Kier alpha value is -3.25. The maximum absolute atomic E-state index is 13.1. The molecular weight excluding hydrogens is 556 g/mol. The zero-order chi connectivity index (χ0) is 31.0. The predicted octanol–water partition coefficient (Wildman–Crippen LogP) is 5.73. The third-order valence-corrected chi connectivity index (χ3v) is 12.3. The highest BCUT2D eigenvalue weighted by molar-refractivity contribution is 6.99. The topological polar surface area (TPSA) is 63.2 Å². The summed E-state index contributed by atoms with van der Waals surface area (Å²) in [7, 11) is 0.136. The first kappa shape index (κ1) is 34.2. The first-order chi connectivity index (χ1) is 20.8. The van der Waals surface area contributed by atoms with Crippen molar-refractivity contribution in [2.75, 3.05) is 34.2 Å². The molecule has 0 aliphatic heterocycles. The van der Waals surface area contributed by atoms with Gasteiger partial charge in [-0.15, -0.1) is 5.92 Å². The largest absolute Gasteiger partial charge is 0.469 e. The minimum Gasteiger partial charge on any atom is -0.469 e. The van der Waals surface area contributed by atoms with Gasteiger partial charge in [-0.1, -0.05) is 118 Å². The first-order valence-electron chi connectivity index (χ1n) is 14.8. The molecule has 230 valence electrons. The van der Waals surface area contributed by atoms with Crippen LogP contribution < -0.4 is 10.4 Å². The molecule has 2 atom stereocenters. The Kier molecular flexibility index (Phi) is 14.1. The molecule has 0 aromatic heterocycles. The third-order valence-electron chi connectivity index (χ3n) is 7.30. The lowest BCUT2D eigenvalue weighted by Crippen LogP contribution is -2.67. The molecule has 3 aromatic carbocycles. The molecule has 0 spiro atoms. The van der Waals surface area contributed by atoms with Crippen molar-refractivity contribution in [1.82, 2.24) is 0 Å². The molecule has 3 aromatic rings. The Morgan fingerprint density at radius 3 is 1.98 bits per heavy atom. The second-order valence-corrected chi connectivity index (χ2v) is 15.8. The summed E-state index contributed by atoms with van der Waals surface area (Å²) in [5, 5.41) is 2.09. The van der Waals surface area contributed by atoms with Crippen LogP contribution >= 0.6 is 0 Å². The molecule has 0 unspecified atom stereocenters. The van der Waals surface area contributed by atoms with Crippen LogP contribution in [0.3, 0.4) is 0 Å². The highest BCUT2D eigenvalue weighted by Crippen LogP contribution is 2.37. The van der Waals surface area contributed by atoms with E-state index < -0.39 is 20.3 Å². The SMILES string of the molecule is COCO[C@@H](C#CCCCOCc1ccccc1)C[C@H](CO[Si](c1ccccc1)(c1ccccc1)C(C)(C)C)C(=O)OC. The number of carbonyl (C=O) groups is 1. The number of carbonyl (C=O) groups excluding carboxylic acids is 1. The van der Waals surface area contributed by atoms with Crippen molar-refractivity contribution in [3.63, 3.8) is 0 Å². The molecule has 0 saturated carbocycles. The Morgan fingerprint density at radius 1 is 0.860 bits per heavy atom. The molecule has 43 heavy (non-hydrogen) atoms. The second kappa shape index (κ2) is 17.8. The molecule has 0 radical (unpaired) electrons. The van der Waals surface area contributed by atoms with Crippen LogP contribution in [-0.4, -0.2) is 54.6 Å². The van der Waals surface area contributed by atoms with Crippen molar-refractivity contribution >= 4 is 24.7 Å². The molecular formula is C36H46O6Si. The van der Waals surface area contributed by atoms with E-state index in [1.54, 1.807) is 7.11 Å². The molecule has 0 aliphatic carbocycles. The Balaban J connectivity index is 1.74. The summed E-state index contributed by atoms with van der Waals surface area (Å²) >= 11 is 0. The van der Waals surface area contributed by atoms with Crippen LogP contribution in [0.4, 0.5) is 0 Å². The Bertz CT molecular complexity index is 1230. The Morgan fingerprint density at radius 2 is 1.44 bits per heavy atom. The highest BCUT2D eigenvalue weighted by atomic mass is 28.4. The smallest absolute Gasteiger partial charge is 0.311 e. The number of benzene rings is 3. The van der Waals surface area contributed by atoms with Crippen LogP contribution in [-0.2, 0) is 34.8 Å². The number of ether oxygens (including phenoxy) is 4. The van der Waals surface area contributed by atoms with Gasteiger partial charge in [0.1, 0.15) is 12.9 Å². The van der Waals surface area contributed by atoms with Gasteiger partial charge in [-0.3, -0.25) is 4.79 Å². The van der Waals surface area contributed by atoms with Gasteiger partial charge in [-0.2, -0.15) is 0 Å². The minimum absolute atomic E-state index is 0.0724. The van der Waals surface area contributed by atoms with Crippen molar-refractivity contribution < 1.29 is 28.2 Å². The van der Waals surface area contributed by atoms with Crippen LogP contribution in [0.5, 0.6) is 0 Å². The average Bonchev–Trinajstić information content (AvgIpc) is 3.03. The summed E-state index contributed by atoms with van der Waals surface area (Å²) < 4.78 is 29.1. The van der Waals surface area contributed by atoms with Crippen LogP contribution in [0, 0.1) is 17.8 Å². The summed E-state index contributed by atoms with van der Waals surface area (Å²) in [5.74, 6) is 5.49. The molecule has 7 heteroatoms. The fourth-order valence-electron chi connectivity index (χ4n) is 5.18. The summed E-state index contributed by atoms with van der Waals surface area (Å²) in [6.45, 7) is 8.10. The highest BCUT2D eigenvalue weighted by Gasteiger charge is 2.50. The van der Waals surface area contributed by atoms with Gasteiger partial charge in [0, 0.05) is 33.2 Å². The van der Waals surface area contributed by atoms with E-state index >= 15 is 0 Å². The van der Waals surface area contributed by atoms with Crippen molar-refractivity contribution in [1.29, 1.82) is 0 Å². The number of hydrogen-bond donors (Lipinski definition) is 0. The van der Waals surface area contributed by atoms with E-state index in [2.05, 4.69) is 56.9 Å². The van der Waals surface area contributed by atoms with Gasteiger partial charge < -0.3 is 23.4 Å². The van der Waals surface area contributed by atoms with Gasteiger partial charge >= 0.3 is 5.97 Å². The fourth-order valence-corrected chi connectivity index (χ4v) is 9.78. The summed E-state index contributed by atoms with van der Waals surface area (Å²) in [5.41, 5.74) is 1.15. The van der Waals surface area contributed by atoms with Gasteiger partial charge in [0.25, 0.3) is 8.32 Å². The number of hydrogen-bond acceptors (Lipinski definition) is 6.